The molecule has 0 bridgehead atoms. The van der Waals surface area contributed by atoms with Crippen LogP contribution in [-0.2, 0) is 0 Å². The number of hydrogen-bond donors (Lipinski definition) is 1. The molecule has 0 unspecified atom stereocenters. The van der Waals surface area contributed by atoms with Crippen LogP contribution in [0.25, 0.3) is 0 Å². The van der Waals surface area contributed by atoms with Gasteiger partial charge in [0.2, 0.25) is 0 Å². The highest BCUT2D eigenvalue weighted by molar-refractivity contribution is 5.90. The lowest BCUT2D eigenvalue weighted by atomic mass is 10.4. The molecule has 0 atom stereocenters. The Balaban J connectivity index is 3.00. The zero-order valence-electron chi connectivity index (χ0n) is 5.40. The van der Waals surface area contributed by atoms with E-state index < -0.39 is 5.91 Å². The largest absolute Gasteiger partial charge is 0.364 e. The minimum absolute atomic E-state index is 0.0885. The molecule has 0 aromatic carbocycles. The average Bonchev–Trinajstić information content (AvgIpc) is 1.88. The number of aryl methyl sites for hydroxylation is 1. The Morgan fingerprint density at radius 1 is 1.60 bits per heavy atom. The molecule has 10 heavy (non-hydrogen) atoms. The monoisotopic (exact) mass is 138 g/mol. The zero-order chi connectivity index (χ0) is 7.56. The van der Waals surface area contributed by atoms with E-state index in [-0.39, 0.29) is 5.69 Å². The second-order valence-corrected chi connectivity index (χ2v) is 1.75. The molecule has 1 rings (SSSR count). The van der Waals surface area contributed by atoms with Crippen molar-refractivity contribution in [1.82, 2.24) is 15.2 Å². The second kappa shape index (κ2) is 2.38. The lowest BCUT2D eigenvalue weighted by molar-refractivity contribution is 0.0994. The first-order valence-corrected chi connectivity index (χ1v) is 2.66. The fraction of sp³-hybridized carbons (Fsp3) is 0.200. The Labute approximate surface area is 57.3 Å². The van der Waals surface area contributed by atoms with Gasteiger partial charge in [-0.25, -0.2) is 4.98 Å². The maximum absolute atomic E-state index is 10.4. The van der Waals surface area contributed by atoms with Crippen LogP contribution in [0.5, 0.6) is 0 Å². The molecule has 52 valence electrons. The fourth-order valence-corrected chi connectivity index (χ4v) is 0.445. The Bertz CT molecular complexity index is 242. The third-order valence-electron chi connectivity index (χ3n) is 0.929. The molecule has 1 heterocycles. The van der Waals surface area contributed by atoms with Crippen molar-refractivity contribution in [2.75, 3.05) is 0 Å². The number of carbonyl (C=O) groups excluding carboxylic acids is 1. The molecule has 5 heteroatoms. The van der Waals surface area contributed by atoms with E-state index in [1.165, 1.54) is 6.20 Å². The van der Waals surface area contributed by atoms with Gasteiger partial charge in [0, 0.05) is 0 Å². The van der Waals surface area contributed by atoms with E-state index in [9.17, 15) is 4.79 Å². The Kier molecular flexibility index (Phi) is 1.57. The number of primary amides is 1. The van der Waals surface area contributed by atoms with Crippen LogP contribution >= 0.6 is 0 Å². The van der Waals surface area contributed by atoms with Gasteiger partial charge in [0.25, 0.3) is 5.91 Å². The molecule has 0 radical (unpaired) electrons. The Morgan fingerprint density at radius 3 is 2.70 bits per heavy atom. The lowest BCUT2D eigenvalue weighted by Gasteiger charge is -1.90. The molecule has 0 aliphatic heterocycles. The smallest absolute Gasteiger partial charge is 0.270 e. The molecule has 5 nitrogen and oxygen atoms in total. The van der Waals surface area contributed by atoms with Crippen LogP contribution in [0.1, 0.15) is 16.3 Å². The molecule has 1 amide bonds. The fourth-order valence-electron chi connectivity index (χ4n) is 0.445. The van der Waals surface area contributed by atoms with Gasteiger partial charge in [0.15, 0.2) is 5.69 Å². The number of amides is 1. The highest BCUT2D eigenvalue weighted by Crippen LogP contribution is 1.86. The number of aromatic nitrogens is 3. The summed E-state index contributed by atoms with van der Waals surface area (Å²) in [6.45, 7) is 1.68. The van der Waals surface area contributed by atoms with Crippen molar-refractivity contribution in [2.24, 2.45) is 5.73 Å². The summed E-state index contributed by atoms with van der Waals surface area (Å²) in [5.74, 6) is -0.0926. The van der Waals surface area contributed by atoms with E-state index in [0.717, 1.165) is 0 Å². The van der Waals surface area contributed by atoms with Crippen LogP contribution in [0.15, 0.2) is 6.20 Å². The van der Waals surface area contributed by atoms with Crippen LogP contribution in [0.4, 0.5) is 0 Å². The van der Waals surface area contributed by atoms with Crippen molar-refractivity contribution in [3.63, 3.8) is 0 Å². The van der Waals surface area contributed by atoms with E-state index in [2.05, 4.69) is 15.2 Å². The highest BCUT2D eigenvalue weighted by Gasteiger charge is 2.00. The summed E-state index contributed by atoms with van der Waals surface area (Å²) in [5, 5.41) is 7.03. The zero-order valence-corrected chi connectivity index (χ0v) is 5.40. The van der Waals surface area contributed by atoms with Crippen LogP contribution in [0, 0.1) is 6.92 Å². The van der Waals surface area contributed by atoms with E-state index >= 15 is 0 Å². The quantitative estimate of drug-likeness (QED) is 0.555. The van der Waals surface area contributed by atoms with Gasteiger partial charge in [-0.1, -0.05) is 0 Å². The first-order chi connectivity index (χ1) is 4.70. The Hall–Kier alpha value is -1.52. The van der Waals surface area contributed by atoms with Crippen LogP contribution in [0.2, 0.25) is 0 Å². The summed E-state index contributed by atoms with van der Waals surface area (Å²) >= 11 is 0. The number of carbonyl (C=O) groups is 1. The van der Waals surface area contributed by atoms with E-state index in [1.807, 2.05) is 0 Å². The lowest BCUT2D eigenvalue weighted by Crippen LogP contribution is -2.14. The molecule has 0 fully saturated rings. The Morgan fingerprint density at radius 2 is 2.30 bits per heavy atom. The molecule has 1 aromatic rings. The SMILES string of the molecule is Cc1ncc(C(N)=O)nn1. The first-order valence-electron chi connectivity index (χ1n) is 2.66. The van der Waals surface area contributed by atoms with Gasteiger partial charge in [0.1, 0.15) is 5.82 Å². The van der Waals surface area contributed by atoms with Gasteiger partial charge in [-0.3, -0.25) is 4.79 Å². The van der Waals surface area contributed by atoms with Gasteiger partial charge in [0.05, 0.1) is 6.20 Å². The van der Waals surface area contributed by atoms with Crippen molar-refractivity contribution >= 4 is 5.91 Å². The van der Waals surface area contributed by atoms with Gasteiger partial charge in [-0.05, 0) is 6.92 Å². The topological polar surface area (TPSA) is 81.8 Å². The predicted octanol–water partition coefficient (Wildman–Crippen LogP) is -0.721. The maximum atomic E-state index is 10.4. The van der Waals surface area contributed by atoms with Crippen molar-refractivity contribution in [3.05, 3.63) is 17.7 Å². The van der Waals surface area contributed by atoms with Crippen molar-refractivity contribution < 1.29 is 4.79 Å². The van der Waals surface area contributed by atoms with Crippen molar-refractivity contribution in [2.45, 2.75) is 6.92 Å². The molecule has 0 saturated carbocycles. The van der Waals surface area contributed by atoms with E-state index in [1.54, 1.807) is 6.92 Å². The molecule has 0 aliphatic carbocycles. The summed E-state index contributed by atoms with van der Waals surface area (Å²) in [6, 6.07) is 0. The summed E-state index contributed by atoms with van der Waals surface area (Å²) in [6.07, 6.45) is 1.30. The van der Waals surface area contributed by atoms with Gasteiger partial charge in [-0.15, -0.1) is 10.2 Å². The highest BCUT2D eigenvalue weighted by atomic mass is 16.1. The summed E-state index contributed by atoms with van der Waals surface area (Å²) in [5.41, 5.74) is 4.97. The van der Waals surface area contributed by atoms with Gasteiger partial charge >= 0.3 is 0 Å². The number of hydrogen-bond acceptors (Lipinski definition) is 4. The van der Waals surface area contributed by atoms with Gasteiger partial charge in [-0.2, -0.15) is 0 Å². The molecule has 0 saturated heterocycles. The average molecular weight is 138 g/mol. The summed E-state index contributed by atoms with van der Waals surface area (Å²) in [7, 11) is 0. The molecular formula is C5H6N4O. The standard InChI is InChI=1S/C5H6N4O/c1-3-7-2-4(5(6)10)9-8-3/h2H,1H3,(H2,6,10). The van der Waals surface area contributed by atoms with Crippen LogP contribution in [0.3, 0.4) is 0 Å². The molecule has 2 N–H and O–H groups in total. The molecule has 1 aromatic heterocycles. The van der Waals surface area contributed by atoms with E-state index in [0.29, 0.717) is 5.82 Å². The minimum atomic E-state index is -0.611. The van der Waals surface area contributed by atoms with Crippen LogP contribution in [-0.4, -0.2) is 21.1 Å². The van der Waals surface area contributed by atoms with Crippen LogP contribution < -0.4 is 5.73 Å². The number of nitrogens with zero attached hydrogens (tertiary/aromatic N) is 3. The minimum Gasteiger partial charge on any atom is -0.364 e. The van der Waals surface area contributed by atoms with Crippen molar-refractivity contribution in [3.8, 4) is 0 Å². The van der Waals surface area contributed by atoms with Gasteiger partial charge < -0.3 is 5.73 Å². The summed E-state index contributed by atoms with van der Waals surface area (Å²) in [4.78, 5) is 14.1. The maximum Gasteiger partial charge on any atom is 0.270 e. The summed E-state index contributed by atoms with van der Waals surface area (Å²) < 4.78 is 0. The first kappa shape index (κ1) is 6.60. The second-order valence-electron chi connectivity index (χ2n) is 1.75. The molecule has 0 spiro atoms. The predicted molar refractivity (Wildman–Crippen MR) is 33.1 cm³/mol. The third kappa shape index (κ3) is 1.25. The number of nitrogens with two attached hydrogens (primary N) is 1. The third-order valence-corrected chi connectivity index (χ3v) is 0.929. The molecule has 0 aliphatic rings. The number of rotatable bonds is 1. The van der Waals surface area contributed by atoms with Crippen molar-refractivity contribution in [1.29, 1.82) is 0 Å². The van der Waals surface area contributed by atoms with E-state index in [4.69, 9.17) is 5.73 Å². The normalized spacial score (nSPS) is 9.30. The molecular weight excluding hydrogens is 132 g/mol.